The van der Waals surface area contributed by atoms with Crippen LogP contribution >= 0.6 is 15.9 Å². The molecule has 0 nitrogen and oxygen atoms in total. The summed E-state index contributed by atoms with van der Waals surface area (Å²) in [5, 5.41) is 0. The molecule has 2 aliphatic carbocycles. The quantitative estimate of drug-likeness (QED) is 0.425. The Hall–Kier alpha value is -0.560. The van der Waals surface area contributed by atoms with E-state index in [1.54, 1.807) is 11.1 Å². The molecule has 0 N–H and O–H groups in total. The van der Waals surface area contributed by atoms with Gasteiger partial charge in [0.1, 0.15) is 0 Å². The molecule has 0 bridgehead atoms. The van der Waals surface area contributed by atoms with Gasteiger partial charge in [-0.2, -0.15) is 0 Å². The summed E-state index contributed by atoms with van der Waals surface area (Å²) >= 11 is 3.48. The van der Waals surface area contributed by atoms with Crippen molar-refractivity contribution in [2.75, 3.05) is 0 Å². The van der Waals surface area contributed by atoms with Crippen molar-refractivity contribution in [1.82, 2.24) is 0 Å². The van der Waals surface area contributed by atoms with Gasteiger partial charge in [0.25, 0.3) is 0 Å². The van der Waals surface area contributed by atoms with Crippen LogP contribution in [-0.4, -0.2) is 0 Å². The molecule has 0 heterocycles. The van der Waals surface area contributed by atoms with Crippen molar-refractivity contribution in [2.45, 2.75) is 84.5 Å². The summed E-state index contributed by atoms with van der Waals surface area (Å²) in [6.07, 6.45) is 10.9. The fourth-order valence-corrected chi connectivity index (χ4v) is 4.37. The topological polar surface area (TPSA) is 0 Å². The summed E-state index contributed by atoms with van der Waals surface area (Å²) < 4.78 is 1.18. The third-order valence-electron chi connectivity index (χ3n) is 5.67. The van der Waals surface area contributed by atoms with Crippen molar-refractivity contribution >= 4 is 15.9 Å². The zero-order valence-corrected chi connectivity index (χ0v) is 17.0. The Morgan fingerprint density at radius 1 is 0.957 bits per heavy atom. The Morgan fingerprint density at radius 3 is 2.00 bits per heavy atom. The fourth-order valence-electron chi connectivity index (χ4n) is 4.11. The molecule has 0 aromatic heterocycles. The summed E-state index contributed by atoms with van der Waals surface area (Å²) in [4.78, 5) is 0. The Kier molecular flexibility index (Phi) is 6.95. The highest BCUT2D eigenvalue weighted by Gasteiger charge is 2.58. The molecule has 0 aliphatic heterocycles. The van der Waals surface area contributed by atoms with Crippen LogP contribution in [0.1, 0.15) is 84.6 Å². The zero-order valence-electron chi connectivity index (χ0n) is 15.4. The van der Waals surface area contributed by atoms with E-state index in [0.29, 0.717) is 5.41 Å². The van der Waals surface area contributed by atoms with Crippen LogP contribution in [0, 0.1) is 5.92 Å². The van der Waals surface area contributed by atoms with Crippen LogP contribution in [-0.2, 0) is 5.41 Å². The third kappa shape index (κ3) is 4.29. The summed E-state index contributed by atoms with van der Waals surface area (Å²) in [6, 6.07) is 8.85. The Morgan fingerprint density at radius 2 is 1.57 bits per heavy atom. The van der Waals surface area contributed by atoms with Crippen molar-refractivity contribution in [3.05, 3.63) is 45.4 Å². The molecule has 1 heteroatoms. The highest BCUT2D eigenvalue weighted by atomic mass is 79.9. The molecule has 23 heavy (non-hydrogen) atoms. The van der Waals surface area contributed by atoms with Gasteiger partial charge in [0.05, 0.1) is 0 Å². The molecule has 0 amide bonds. The average molecular weight is 377 g/mol. The number of fused-ring (bicyclic) bond motifs is 1. The minimum Gasteiger partial charge on any atom is -0.0691 e. The van der Waals surface area contributed by atoms with Crippen molar-refractivity contribution in [3.63, 3.8) is 0 Å². The van der Waals surface area contributed by atoms with E-state index in [1.165, 1.54) is 61.4 Å². The highest BCUT2D eigenvalue weighted by molar-refractivity contribution is 9.10. The first-order valence-electron chi connectivity index (χ1n) is 9.58. The molecule has 0 spiro atoms. The van der Waals surface area contributed by atoms with Crippen molar-refractivity contribution in [3.8, 4) is 0 Å². The van der Waals surface area contributed by atoms with E-state index in [1.807, 2.05) is 0 Å². The van der Waals surface area contributed by atoms with E-state index >= 15 is 0 Å². The van der Waals surface area contributed by atoms with Crippen LogP contribution in [0.5, 0.6) is 0 Å². The summed E-state index contributed by atoms with van der Waals surface area (Å²) in [5.41, 5.74) is 5.48. The maximum atomic E-state index is 3.48. The molecular weight excluding hydrogens is 344 g/mol. The number of hydrogen-bond donors (Lipinski definition) is 0. The van der Waals surface area contributed by atoms with Crippen molar-refractivity contribution in [1.29, 1.82) is 0 Å². The molecule has 2 aliphatic rings. The minimum absolute atomic E-state index is 0.506. The van der Waals surface area contributed by atoms with Crippen molar-refractivity contribution < 1.29 is 0 Å². The maximum absolute atomic E-state index is 3.48. The molecule has 1 aromatic carbocycles. The number of benzene rings is 1. The van der Waals surface area contributed by atoms with Gasteiger partial charge in [-0.25, -0.2) is 0 Å². The summed E-state index contributed by atoms with van der Waals surface area (Å²) in [7, 11) is 0. The Bertz CT molecular complexity index is 519. The monoisotopic (exact) mass is 376 g/mol. The Balaban J connectivity index is 0.000000188. The molecule has 1 atom stereocenters. The van der Waals surface area contributed by atoms with Crippen LogP contribution in [0.15, 0.2) is 39.9 Å². The van der Waals surface area contributed by atoms with E-state index in [4.69, 9.17) is 0 Å². The predicted molar refractivity (Wildman–Crippen MR) is 106 cm³/mol. The number of hydrogen-bond acceptors (Lipinski definition) is 0. The SMILES string of the molecule is CCC1=C2CC2(c2ccc(Br)cc2)C1.CCCC(CC)CCC. The van der Waals surface area contributed by atoms with Gasteiger partial charge in [0, 0.05) is 9.89 Å². The number of halogens is 1. The standard InChI is InChI=1S/C13H13Br.C9H20/c1-2-9-7-13(8-12(9)13)10-3-5-11(14)6-4-10;1-4-7-9(6-3)8-5-2/h3-6H,2,7-8H2,1H3;9H,4-8H2,1-3H3. The van der Waals surface area contributed by atoms with Crippen molar-refractivity contribution in [2.24, 2.45) is 5.92 Å². The first kappa shape index (κ1) is 18.8. The molecule has 1 unspecified atom stereocenters. The van der Waals surface area contributed by atoms with E-state index in [-0.39, 0.29) is 0 Å². The van der Waals surface area contributed by atoms with Gasteiger partial charge in [0.15, 0.2) is 0 Å². The minimum atomic E-state index is 0.506. The normalized spacial score (nSPS) is 21.5. The molecule has 3 rings (SSSR count). The lowest BCUT2D eigenvalue weighted by Gasteiger charge is -2.25. The maximum Gasteiger partial charge on any atom is 0.0239 e. The van der Waals surface area contributed by atoms with Gasteiger partial charge in [-0.05, 0) is 42.9 Å². The van der Waals surface area contributed by atoms with Gasteiger partial charge < -0.3 is 0 Å². The smallest absolute Gasteiger partial charge is 0.0239 e. The zero-order chi connectivity index (χ0) is 16.9. The predicted octanol–water partition coefficient (Wildman–Crippen LogP) is 7.81. The van der Waals surface area contributed by atoms with Crippen LogP contribution in [0.4, 0.5) is 0 Å². The molecule has 1 fully saturated rings. The molecular formula is C22H33Br. The molecule has 1 aromatic rings. The second kappa shape index (κ2) is 8.51. The van der Waals surface area contributed by atoms with E-state index in [0.717, 1.165) is 5.92 Å². The largest absolute Gasteiger partial charge is 0.0691 e. The first-order chi connectivity index (χ1) is 11.1. The van der Waals surface area contributed by atoms with E-state index in [2.05, 4.69) is 67.9 Å². The average Bonchev–Trinajstić information content (AvgIpc) is 3.15. The molecule has 0 radical (unpaired) electrons. The molecule has 1 saturated carbocycles. The number of rotatable bonds is 7. The lowest BCUT2D eigenvalue weighted by atomic mass is 9.79. The second-order valence-corrected chi connectivity index (χ2v) is 8.15. The Labute approximate surface area is 151 Å². The van der Waals surface area contributed by atoms with Crippen LogP contribution < -0.4 is 0 Å². The van der Waals surface area contributed by atoms with Gasteiger partial charge in [0.2, 0.25) is 0 Å². The first-order valence-corrected chi connectivity index (χ1v) is 10.4. The van der Waals surface area contributed by atoms with E-state index in [9.17, 15) is 0 Å². The van der Waals surface area contributed by atoms with Crippen LogP contribution in [0.2, 0.25) is 0 Å². The van der Waals surface area contributed by atoms with Crippen LogP contribution in [0.25, 0.3) is 0 Å². The van der Waals surface area contributed by atoms with Gasteiger partial charge in [-0.1, -0.05) is 99.0 Å². The van der Waals surface area contributed by atoms with Crippen LogP contribution in [0.3, 0.4) is 0 Å². The molecule has 0 saturated heterocycles. The third-order valence-corrected chi connectivity index (χ3v) is 6.20. The fraction of sp³-hybridized carbons (Fsp3) is 0.636. The van der Waals surface area contributed by atoms with Gasteiger partial charge in [-0.3, -0.25) is 0 Å². The van der Waals surface area contributed by atoms with E-state index < -0.39 is 0 Å². The number of allylic oxidation sites excluding steroid dienone is 2. The summed E-state index contributed by atoms with van der Waals surface area (Å²) in [6.45, 7) is 9.12. The molecule has 128 valence electrons. The lowest BCUT2D eigenvalue weighted by Crippen LogP contribution is -2.15. The summed E-state index contributed by atoms with van der Waals surface area (Å²) in [5.74, 6) is 1.01. The second-order valence-electron chi connectivity index (χ2n) is 7.23. The van der Waals surface area contributed by atoms with Gasteiger partial charge >= 0.3 is 0 Å². The highest BCUT2D eigenvalue weighted by Crippen LogP contribution is 2.67. The lowest BCUT2D eigenvalue weighted by molar-refractivity contribution is 0.427. The van der Waals surface area contributed by atoms with Gasteiger partial charge in [-0.15, -0.1) is 0 Å².